The Morgan fingerprint density at radius 3 is 2.50 bits per heavy atom. The van der Waals surface area contributed by atoms with Crippen LogP contribution in [0.4, 0.5) is 5.69 Å². The Morgan fingerprint density at radius 1 is 1.04 bits per heavy atom. The number of anilines is 1. The fraction of sp³-hybridized carbons (Fsp3) is 0.211. The average Bonchev–Trinajstić information content (AvgIpc) is 2.60. The Labute approximate surface area is 145 Å². The Morgan fingerprint density at radius 2 is 1.75 bits per heavy atom. The zero-order chi connectivity index (χ0) is 16.9. The third-order valence-corrected chi connectivity index (χ3v) is 4.65. The van der Waals surface area contributed by atoms with Gasteiger partial charge in [-0.1, -0.05) is 48.2 Å². The quantitative estimate of drug-likeness (QED) is 0.518. The van der Waals surface area contributed by atoms with Gasteiger partial charge >= 0.3 is 0 Å². The second-order valence-electron chi connectivity index (χ2n) is 5.68. The van der Waals surface area contributed by atoms with Crippen LogP contribution < -0.4 is 4.90 Å². The van der Waals surface area contributed by atoms with Crippen LogP contribution in [0.3, 0.4) is 0 Å². The summed E-state index contributed by atoms with van der Waals surface area (Å²) in [5, 5.41) is 1.82. The molecule has 122 valence electrons. The summed E-state index contributed by atoms with van der Waals surface area (Å²) < 4.78 is 0. The van der Waals surface area contributed by atoms with E-state index in [0.29, 0.717) is 5.75 Å². The lowest BCUT2D eigenvalue weighted by atomic mass is 10.2. The molecule has 0 aliphatic rings. The third-order valence-electron chi connectivity index (χ3n) is 3.66. The van der Waals surface area contributed by atoms with E-state index in [1.807, 2.05) is 73.3 Å². The van der Waals surface area contributed by atoms with Gasteiger partial charge in [0.05, 0.1) is 11.3 Å². The summed E-state index contributed by atoms with van der Waals surface area (Å²) >= 11 is 1.46. The van der Waals surface area contributed by atoms with Crippen LogP contribution in [0.25, 0.3) is 10.9 Å². The summed E-state index contributed by atoms with van der Waals surface area (Å²) in [4.78, 5) is 23.2. The second-order valence-corrected chi connectivity index (χ2v) is 6.64. The molecule has 0 bridgehead atoms. The number of thioether (sulfide) groups is 1. The molecule has 0 saturated heterocycles. The molecule has 0 spiro atoms. The van der Waals surface area contributed by atoms with Crippen molar-refractivity contribution in [2.45, 2.75) is 24.9 Å². The van der Waals surface area contributed by atoms with Crippen LogP contribution in [-0.4, -0.2) is 27.7 Å². The van der Waals surface area contributed by atoms with Crippen LogP contribution in [0.15, 0.2) is 66.0 Å². The number of hydrogen-bond donors (Lipinski definition) is 0. The topological polar surface area (TPSA) is 46.1 Å². The summed E-state index contributed by atoms with van der Waals surface area (Å²) in [5.74, 6) is 0.414. The molecule has 0 aliphatic heterocycles. The summed E-state index contributed by atoms with van der Waals surface area (Å²) in [6.07, 6.45) is 1.55. The maximum absolute atomic E-state index is 12.8. The monoisotopic (exact) mass is 337 g/mol. The van der Waals surface area contributed by atoms with Crippen LogP contribution in [0.1, 0.15) is 13.8 Å². The molecule has 0 atom stereocenters. The Hall–Kier alpha value is -2.40. The van der Waals surface area contributed by atoms with E-state index in [1.165, 1.54) is 11.8 Å². The van der Waals surface area contributed by atoms with Gasteiger partial charge in [-0.15, -0.1) is 0 Å². The zero-order valence-corrected chi connectivity index (χ0v) is 14.5. The predicted octanol–water partition coefficient (Wildman–Crippen LogP) is 4.16. The van der Waals surface area contributed by atoms with Crippen LogP contribution >= 0.6 is 11.8 Å². The lowest BCUT2D eigenvalue weighted by molar-refractivity contribution is -0.116. The van der Waals surface area contributed by atoms with Crippen molar-refractivity contribution < 1.29 is 4.79 Å². The summed E-state index contributed by atoms with van der Waals surface area (Å²) in [6, 6.07) is 17.7. The Kier molecular flexibility index (Phi) is 5.11. The van der Waals surface area contributed by atoms with Crippen molar-refractivity contribution in [3.05, 3.63) is 60.9 Å². The molecule has 5 heteroatoms. The van der Waals surface area contributed by atoms with Crippen molar-refractivity contribution in [2.75, 3.05) is 10.7 Å². The zero-order valence-electron chi connectivity index (χ0n) is 13.7. The Balaban J connectivity index is 1.78. The first-order valence-electron chi connectivity index (χ1n) is 7.86. The minimum Gasteiger partial charge on any atom is -0.309 e. The van der Waals surface area contributed by atoms with Gasteiger partial charge in [-0.25, -0.2) is 9.97 Å². The average molecular weight is 337 g/mol. The van der Waals surface area contributed by atoms with E-state index in [4.69, 9.17) is 0 Å². The Bertz CT molecular complexity index is 831. The molecule has 0 aliphatic carbocycles. The molecule has 1 aromatic heterocycles. The molecule has 3 rings (SSSR count). The number of hydrogen-bond acceptors (Lipinski definition) is 4. The number of benzene rings is 2. The van der Waals surface area contributed by atoms with Crippen LogP contribution in [-0.2, 0) is 4.79 Å². The highest BCUT2D eigenvalue weighted by atomic mass is 32.2. The molecule has 0 radical (unpaired) electrons. The fourth-order valence-corrected chi connectivity index (χ4v) is 3.46. The van der Waals surface area contributed by atoms with Crippen molar-refractivity contribution in [2.24, 2.45) is 0 Å². The standard InChI is InChI=1S/C19H19N3OS/c1-14(2)22(15-8-4-3-5-9-15)18(23)12-24-19-16-10-6-7-11-17(16)20-13-21-19/h3-11,13-14H,12H2,1-2H3. The van der Waals surface area contributed by atoms with Gasteiger partial charge in [-0.05, 0) is 32.0 Å². The number of carbonyl (C=O) groups excluding carboxylic acids is 1. The molecule has 0 unspecified atom stereocenters. The molecule has 0 saturated carbocycles. The van der Waals surface area contributed by atoms with Crippen molar-refractivity contribution >= 4 is 34.3 Å². The van der Waals surface area contributed by atoms with E-state index in [0.717, 1.165) is 21.6 Å². The minimum absolute atomic E-state index is 0.0730. The van der Waals surface area contributed by atoms with E-state index in [9.17, 15) is 4.79 Å². The largest absolute Gasteiger partial charge is 0.309 e. The lowest BCUT2D eigenvalue weighted by Crippen LogP contribution is -2.38. The predicted molar refractivity (Wildman–Crippen MR) is 99.3 cm³/mol. The highest BCUT2D eigenvalue weighted by Crippen LogP contribution is 2.25. The normalized spacial score (nSPS) is 11.0. The van der Waals surface area contributed by atoms with Gasteiger partial charge in [-0.2, -0.15) is 0 Å². The molecular weight excluding hydrogens is 318 g/mol. The SMILES string of the molecule is CC(C)N(C(=O)CSc1ncnc2ccccc12)c1ccccc1. The molecule has 1 amide bonds. The van der Waals surface area contributed by atoms with Crippen LogP contribution in [0, 0.1) is 0 Å². The maximum Gasteiger partial charge on any atom is 0.237 e. The number of nitrogens with zero attached hydrogens (tertiary/aromatic N) is 3. The first-order chi connectivity index (χ1) is 11.7. The number of amides is 1. The first kappa shape index (κ1) is 16.5. The van der Waals surface area contributed by atoms with Crippen molar-refractivity contribution in [1.29, 1.82) is 0 Å². The first-order valence-corrected chi connectivity index (χ1v) is 8.85. The van der Waals surface area contributed by atoms with E-state index >= 15 is 0 Å². The summed E-state index contributed by atoms with van der Waals surface area (Å²) in [5.41, 5.74) is 1.82. The number of rotatable bonds is 5. The van der Waals surface area contributed by atoms with E-state index < -0.39 is 0 Å². The number of aromatic nitrogens is 2. The maximum atomic E-state index is 12.8. The minimum atomic E-state index is 0.0730. The van der Waals surface area contributed by atoms with Crippen LogP contribution in [0.5, 0.6) is 0 Å². The van der Waals surface area contributed by atoms with Crippen molar-refractivity contribution in [3.63, 3.8) is 0 Å². The van der Waals surface area contributed by atoms with Gasteiger partial charge < -0.3 is 4.90 Å². The van der Waals surface area contributed by atoms with Gasteiger partial charge in [0, 0.05) is 17.1 Å². The summed E-state index contributed by atoms with van der Waals surface area (Å²) in [7, 11) is 0. The van der Waals surface area contributed by atoms with Gasteiger partial charge in [0.15, 0.2) is 0 Å². The van der Waals surface area contributed by atoms with Gasteiger partial charge in [0.2, 0.25) is 5.91 Å². The van der Waals surface area contributed by atoms with E-state index in [1.54, 1.807) is 6.33 Å². The second kappa shape index (κ2) is 7.45. The molecule has 0 fully saturated rings. The number of carbonyl (C=O) groups is 1. The number of fused-ring (bicyclic) bond motifs is 1. The number of para-hydroxylation sites is 2. The highest BCUT2D eigenvalue weighted by molar-refractivity contribution is 8.00. The van der Waals surface area contributed by atoms with Gasteiger partial charge in [0.1, 0.15) is 11.4 Å². The summed E-state index contributed by atoms with van der Waals surface area (Å²) in [6.45, 7) is 4.05. The van der Waals surface area contributed by atoms with E-state index in [2.05, 4.69) is 9.97 Å². The van der Waals surface area contributed by atoms with Gasteiger partial charge in [-0.3, -0.25) is 4.79 Å². The third kappa shape index (κ3) is 3.57. The highest BCUT2D eigenvalue weighted by Gasteiger charge is 2.19. The smallest absolute Gasteiger partial charge is 0.237 e. The van der Waals surface area contributed by atoms with E-state index in [-0.39, 0.29) is 11.9 Å². The van der Waals surface area contributed by atoms with Gasteiger partial charge in [0.25, 0.3) is 0 Å². The van der Waals surface area contributed by atoms with Crippen molar-refractivity contribution in [3.8, 4) is 0 Å². The molecule has 1 heterocycles. The molecule has 0 N–H and O–H groups in total. The molecule has 4 nitrogen and oxygen atoms in total. The molecule has 2 aromatic carbocycles. The molecule has 24 heavy (non-hydrogen) atoms. The lowest BCUT2D eigenvalue weighted by Gasteiger charge is -2.26. The van der Waals surface area contributed by atoms with Crippen molar-refractivity contribution in [1.82, 2.24) is 9.97 Å². The van der Waals surface area contributed by atoms with Crippen LogP contribution in [0.2, 0.25) is 0 Å². The molecular formula is C19H19N3OS. The molecule has 3 aromatic rings. The fourth-order valence-electron chi connectivity index (χ4n) is 2.61.